The molecule has 0 radical (unpaired) electrons. The van der Waals surface area contributed by atoms with E-state index in [0.717, 1.165) is 65.3 Å². The normalized spacial score (nSPS) is 12.6. The second-order valence-corrected chi connectivity index (χ2v) is 14.0. The van der Waals surface area contributed by atoms with E-state index in [1.807, 2.05) is 43.4 Å². The third-order valence-corrected chi connectivity index (χ3v) is 11.1. The third-order valence-electron chi connectivity index (χ3n) is 8.33. The maximum Gasteiger partial charge on any atom is 0.321 e. The Labute approximate surface area is 278 Å². The number of hydrogen-bond acceptors (Lipinski definition) is 9. The van der Waals surface area contributed by atoms with Crippen LogP contribution in [0.2, 0.25) is 0 Å². The number of hydrogen-bond donors (Lipinski definition) is 0. The Hall–Kier alpha value is -5.06. The summed E-state index contributed by atoms with van der Waals surface area (Å²) in [5, 5.41) is 0. The fourth-order valence-corrected chi connectivity index (χ4v) is 8.88. The summed E-state index contributed by atoms with van der Waals surface area (Å²) in [6, 6.07) is 24.8. The van der Waals surface area contributed by atoms with Gasteiger partial charge in [-0.3, -0.25) is 9.59 Å². The third kappa shape index (κ3) is 4.99. The molecule has 9 heteroatoms. The molecular weight excluding hydrogens is 633 g/mol. The summed E-state index contributed by atoms with van der Waals surface area (Å²) in [6.45, 7) is 4.07. The van der Waals surface area contributed by atoms with Gasteiger partial charge in [-0.15, -0.1) is 22.7 Å². The van der Waals surface area contributed by atoms with E-state index in [9.17, 15) is 9.59 Å². The van der Waals surface area contributed by atoms with Crippen LogP contribution in [0.15, 0.2) is 72.8 Å². The predicted molar refractivity (Wildman–Crippen MR) is 184 cm³/mol. The molecule has 6 aromatic rings. The van der Waals surface area contributed by atoms with Crippen molar-refractivity contribution in [2.45, 2.75) is 32.1 Å². The number of nitrogens with zero attached hydrogens (tertiary/aromatic N) is 2. The number of aromatic nitrogens is 2. The van der Waals surface area contributed by atoms with Crippen LogP contribution in [0, 0.1) is 38.9 Å². The van der Waals surface area contributed by atoms with Crippen LogP contribution in [0.4, 0.5) is 0 Å². The molecule has 46 heavy (non-hydrogen) atoms. The largest absolute Gasteiger partial charge is 0.372 e. The van der Waals surface area contributed by atoms with E-state index in [0.29, 0.717) is 0 Å². The Kier molecular flexibility index (Phi) is 7.54. The zero-order valence-electron chi connectivity index (χ0n) is 24.7. The van der Waals surface area contributed by atoms with Gasteiger partial charge in [-0.25, -0.2) is 0 Å². The number of fused-ring (bicyclic) bond motifs is 4. The Morgan fingerprint density at radius 2 is 1.24 bits per heavy atom. The molecule has 224 valence electrons. The fourth-order valence-electron chi connectivity index (χ4n) is 6.38. The van der Waals surface area contributed by atoms with Crippen molar-refractivity contribution in [2.75, 3.05) is 0 Å². The van der Waals surface area contributed by atoms with Gasteiger partial charge in [-0.2, -0.15) is 8.75 Å². The van der Waals surface area contributed by atoms with E-state index in [1.165, 1.54) is 21.5 Å². The number of benzene rings is 3. The quantitative estimate of drug-likeness (QED) is 0.126. The van der Waals surface area contributed by atoms with Crippen LogP contribution < -0.4 is 0 Å². The second kappa shape index (κ2) is 11.7. The van der Waals surface area contributed by atoms with Crippen molar-refractivity contribution < 1.29 is 19.1 Å². The van der Waals surface area contributed by atoms with Crippen molar-refractivity contribution in [1.29, 1.82) is 0 Å². The molecule has 3 aromatic heterocycles. The average molecular weight is 657 g/mol. The van der Waals surface area contributed by atoms with Crippen LogP contribution in [0.5, 0.6) is 0 Å². The molecule has 0 atom stereocenters. The molecule has 6 nitrogen and oxygen atoms in total. The number of ether oxygens (including phenoxy) is 2. The Bertz CT molecular complexity index is 2250. The van der Waals surface area contributed by atoms with Crippen LogP contribution in [-0.2, 0) is 24.5 Å². The van der Waals surface area contributed by atoms with E-state index in [1.54, 1.807) is 22.7 Å². The molecule has 0 amide bonds. The number of carbonyl (C=O) groups excluding carboxylic acids is 2. The van der Waals surface area contributed by atoms with E-state index in [-0.39, 0.29) is 12.8 Å². The van der Waals surface area contributed by atoms with Gasteiger partial charge in [0.25, 0.3) is 0 Å². The molecule has 0 bridgehead atoms. The first-order chi connectivity index (χ1) is 22.3. The lowest BCUT2D eigenvalue weighted by atomic mass is 9.72. The molecule has 0 fully saturated rings. The smallest absolute Gasteiger partial charge is 0.321 e. The maximum absolute atomic E-state index is 13.0. The molecule has 0 saturated carbocycles. The maximum atomic E-state index is 13.0. The lowest BCUT2D eigenvalue weighted by Crippen LogP contribution is -2.32. The number of thiophene rings is 2. The SMILES string of the molecule is C#COC(=O)CC1(CC(=O)OC#C)c2cc(C)ccc2-c2ccc(-c3ccc(-c4ccc(-c5ccc(C)s5)c5nsnc45)s3)cc21. The summed E-state index contributed by atoms with van der Waals surface area (Å²) in [6.07, 6.45) is 14.2. The molecule has 1 aliphatic rings. The molecule has 0 N–H and O–H groups in total. The number of rotatable bonds is 7. The average Bonchev–Trinajstić information content (AvgIpc) is 3.84. The Balaban J connectivity index is 1.33. The highest BCUT2D eigenvalue weighted by Crippen LogP contribution is 2.54. The van der Waals surface area contributed by atoms with Crippen LogP contribution >= 0.6 is 34.4 Å². The van der Waals surface area contributed by atoms with Gasteiger partial charge in [0.05, 0.1) is 24.6 Å². The van der Waals surface area contributed by atoms with Gasteiger partial charge in [0.15, 0.2) is 0 Å². The van der Waals surface area contributed by atoms with Crippen molar-refractivity contribution in [2.24, 2.45) is 0 Å². The minimum absolute atomic E-state index is 0.162. The molecule has 0 aliphatic heterocycles. The summed E-state index contributed by atoms with van der Waals surface area (Å²) < 4.78 is 19.2. The molecule has 0 unspecified atom stereocenters. The van der Waals surface area contributed by atoms with E-state index < -0.39 is 17.4 Å². The lowest BCUT2D eigenvalue weighted by Gasteiger charge is -2.30. The standard InChI is InChI=1S/C37H24N2O4S3/c1-5-42-33(40)19-37(20-34(41)43-6-2)28-17-21(3)7-10-24(28)25-11-9-23(18-29(25)37)30-15-16-32(45-30)27-13-12-26(31-14-8-22(4)44-31)35-36(27)39-46-38-35/h1-2,7-18H,19-20H2,3-4H3. The summed E-state index contributed by atoms with van der Waals surface area (Å²) in [5.41, 5.74) is 8.20. The van der Waals surface area contributed by atoms with Crippen molar-refractivity contribution in [1.82, 2.24) is 8.75 Å². The van der Waals surface area contributed by atoms with Gasteiger partial charge in [-0.05, 0) is 72.0 Å². The van der Waals surface area contributed by atoms with Gasteiger partial charge < -0.3 is 9.47 Å². The summed E-state index contributed by atoms with van der Waals surface area (Å²) >= 11 is 4.60. The first kappa shape index (κ1) is 29.6. The Morgan fingerprint density at radius 1 is 0.696 bits per heavy atom. The van der Waals surface area contributed by atoms with Crippen molar-refractivity contribution in [3.05, 3.63) is 94.4 Å². The van der Waals surface area contributed by atoms with Crippen LogP contribution in [-0.4, -0.2) is 20.7 Å². The molecule has 0 saturated heterocycles. The highest BCUT2D eigenvalue weighted by molar-refractivity contribution is 7.19. The van der Waals surface area contributed by atoms with Gasteiger partial charge in [0.1, 0.15) is 23.2 Å². The lowest BCUT2D eigenvalue weighted by molar-refractivity contribution is -0.140. The monoisotopic (exact) mass is 656 g/mol. The number of carbonyl (C=O) groups is 2. The molecular formula is C37H24N2O4S3. The molecule has 7 rings (SSSR count). The predicted octanol–water partition coefficient (Wildman–Crippen LogP) is 8.75. The van der Waals surface area contributed by atoms with E-state index in [2.05, 4.69) is 64.2 Å². The van der Waals surface area contributed by atoms with Gasteiger partial charge in [-0.1, -0.05) is 60.9 Å². The topological polar surface area (TPSA) is 78.4 Å². The first-order valence-electron chi connectivity index (χ1n) is 14.3. The van der Waals surface area contributed by atoms with Crippen molar-refractivity contribution in [3.8, 4) is 67.5 Å². The zero-order chi connectivity index (χ0) is 32.0. The minimum atomic E-state index is -1.09. The first-order valence-corrected chi connectivity index (χ1v) is 16.7. The van der Waals surface area contributed by atoms with Crippen LogP contribution in [0.25, 0.3) is 53.5 Å². The van der Waals surface area contributed by atoms with Crippen LogP contribution in [0.1, 0.15) is 34.4 Å². The minimum Gasteiger partial charge on any atom is -0.372 e. The highest BCUT2D eigenvalue weighted by atomic mass is 32.1. The molecule has 3 aromatic carbocycles. The summed E-state index contributed by atoms with van der Waals surface area (Å²) in [7, 11) is 0. The highest BCUT2D eigenvalue weighted by Gasteiger charge is 2.47. The summed E-state index contributed by atoms with van der Waals surface area (Å²) in [4.78, 5) is 30.5. The van der Waals surface area contributed by atoms with E-state index >= 15 is 0 Å². The Morgan fingerprint density at radius 3 is 1.85 bits per heavy atom. The van der Waals surface area contributed by atoms with Crippen LogP contribution in [0.3, 0.4) is 0 Å². The van der Waals surface area contributed by atoms with Crippen molar-refractivity contribution in [3.63, 3.8) is 0 Å². The molecule has 1 aliphatic carbocycles. The van der Waals surface area contributed by atoms with Gasteiger partial charge >= 0.3 is 11.9 Å². The fraction of sp³-hybridized carbons (Fsp3) is 0.135. The van der Waals surface area contributed by atoms with Gasteiger partial charge in [0, 0.05) is 36.1 Å². The summed E-state index contributed by atoms with van der Waals surface area (Å²) in [5.74, 6) is -1.25. The van der Waals surface area contributed by atoms with Crippen molar-refractivity contribution >= 4 is 57.4 Å². The molecule has 3 heterocycles. The number of terminal acetylenes is 2. The van der Waals surface area contributed by atoms with Gasteiger partial charge in [0.2, 0.25) is 0 Å². The van der Waals surface area contributed by atoms with E-state index in [4.69, 9.17) is 22.3 Å². The number of aryl methyl sites for hydroxylation is 2. The zero-order valence-corrected chi connectivity index (χ0v) is 27.2. The number of esters is 2. The molecule has 0 spiro atoms. The second-order valence-electron chi connectivity index (χ2n) is 11.1.